The van der Waals surface area contributed by atoms with Gasteiger partial charge >= 0.3 is 0 Å². The second kappa shape index (κ2) is 5.83. The van der Waals surface area contributed by atoms with E-state index in [1.165, 1.54) is 0 Å². The van der Waals surface area contributed by atoms with Crippen LogP contribution in [0.5, 0.6) is 11.5 Å². The third-order valence-electron chi connectivity index (χ3n) is 3.88. The van der Waals surface area contributed by atoms with Crippen molar-refractivity contribution < 1.29 is 14.6 Å². The molecule has 3 nitrogen and oxygen atoms in total. The summed E-state index contributed by atoms with van der Waals surface area (Å²) in [5, 5.41) is 10.4. The van der Waals surface area contributed by atoms with E-state index in [2.05, 4.69) is 13.8 Å². The standard InChI is InChI=1S/C16H24O3/c1-4-8-16(9-5-2)11-14(17)13-10-12(18-3)6-7-15(13)19-16/h6-7,10,14,17H,4-5,8-9,11H2,1-3H3/t14-/m1/s1. The predicted octanol–water partition coefficient (Wildman–Crippen LogP) is 3.85. The Balaban J connectivity index is 2.32. The smallest absolute Gasteiger partial charge is 0.126 e. The summed E-state index contributed by atoms with van der Waals surface area (Å²) in [4.78, 5) is 0. The fraction of sp³-hybridized carbons (Fsp3) is 0.625. The van der Waals surface area contributed by atoms with E-state index in [4.69, 9.17) is 9.47 Å². The Morgan fingerprint density at radius 3 is 2.58 bits per heavy atom. The average Bonchev–Trinajstić information content (AvgIpc) is 2.39. The van der Waals surface area contributed by atoms with Crippen LogP contribution in [0.15, 0.2) is 18.2 Å². The van der Waals surface area contributed by atoms with E-state index in [1.807, 2.05) is 18.2 Å². The Hall–Kier alpha value is -1.22. The van der Waals surface area contributed by atoms with Crippen LogP contribution in [-0.2, 0) is 0 Å². The summed E-state index contributed by atoms with van der Waals surface area (Å²) >= 11 is 0. The molecule has 1 N–H and O–H groups in total. The minimum atomic E-state index is -0.461. The lowest BCUT2D eigenvalue weighted by Gasteiger charge is -2.41. The third kappa shape index (κ3) is 2.86. The van der Waals surface area contributed by atoms with Crippen molar-refractivity contribution in [2.24, 2.45) is 0 Å². The van der Waals surface area contributed by atoms with Crippen molar-refractivity contribution in [1.82, 2.24) is 0 Å². The zero-order chi connectivity index (χ0) is 13.9. The van der Waals surface area contributed by atoms with Gasteiger partial charge in [0.05, 0.1) is 13.2 Å². The molecule has 0 fully saturated rings. The van der Waals surface area contributed by atoms with Crippen LogP contribution < -0.4 is 9.47 Å². The molecule has 0 unspecified atom stereocenters. The molecule has 1 aromatic carbocycles. The summed E-state index contributed by atoms with van der Waals surface area (Å²) in [5.41, 5.74) is 0.645. The minimum Gasteiger partial charge on any atom is -0.497 e. The molecule has 1 aliphatic heterocycles. The van der Waals surface area contributed by atoms with Crippen molar-refractivity contribution in [3.8, 4) is 11.5 Å². The van der Waals surface area contributed by atoms with Crippen molar-refractivity contribution in [3.05, 3.63) is 23.8 Å². The lowest BCUT2D eigenvalue weighted by molar-refractivity contribution is -0.0269. The largest absolute Gasteiger partial charge is 0.497 e. The van der Waals surface area contributed by atoms with Crippen LogP contribution in [0.1, 0.15) is 57.6 Å². The fourth-order valence-corrected chi connectivity index (χ4v) is 3.09. The van der Waals surface area contributed by atoms with Crippen LogP contribution in [0.4, 0.5) is 0 Å². The number of hydrogen-bond acceptors (Lipinski definition) is 3. The minimum absolute atomic E-state index is 0.204. The van der Waals surface area contributed by atoms with Crippen LogP contribution in [0, 0.1) is 0 Å². The van der Waals surface area contributed by atoms with Gasteiger partial charge in [-0.15, -0.1) is 0 Å². The maximum atomic E-state index is 10.4. The first kappa shape index (κ1) is 14.2. The highest BCUT2D eigenvalue weighted by molar-refractivity contribution is 5.43. The van der Waals surface area contributed by atoms with Gasteiger partial charge in [0.2, 0.25) is 0 Å². The van der Waals surface area contributed by atoms with Crippen LogP contribution in [0.3, 0.4) is 0 Å². The number of methoxy groups -OCH3 is 1. The van der Waals surface area contributed by atoms with Gasteiger partial charge in [-0.2, -0.15) is 0 Å². The van der Waals surface area contributed by atoms with Gasteiger partial charge in [0.25, 0.3) is 0 Å². The Labute approximate surface area is 115 Å². The zero-order valence-electron chi connectivity index (χ0n) is 12.1. The van der Waals surface area contributed by atoms with Gasteiger partial charge in [-0.1, -0.05) is 26.7 Å². The van der Waals surface area contributed by atoms with Gasteiger partial charge in [0, 0.05) is 12.0 Å². The number of fused-ring (bicyclic) bond motifs is 1. The highest BCUT2D eigenvalue weighted by atomic mass is 16.5. The van der Waals surface area contributed by atoms with Crippen LogP contribution in [-0.4, -0.2) is 17.8 Å². The van der Waals surface area contributed by atoms with Crippen molar-refractivity contribution >= 4 is 0 Å². The number of aliphatic hydroxyl groups excluding tert-OH is 1. The first-order valence-electron chi connectivity index (χ1n) is 7.19. The summed E-state index contributed by atoms with van der Waals surface area (Å²) < 4.78 is 11.5. The molecule has 0 bridgehead atoms. The SMILES string of the molecule is CCCC1(CCC)C[C@@H](O)c2cc(OC)ccc2O1. The predicted molar refractivity (Wildman–Crippen MR) is 75.7 cm³/mol. The molecule has 1 aromatic rings. The first-order valence-corrected chi connectivity index (χ1v) is 7.19. The van der Waals surface area contributed by atoms with Crippen LogP contribution >= 0.6 is 0 Å². The fourth-order valence-electron chi connectivity index (χ4n) is 3.09. The summed E-state index contributed by atoms with van der Waals surface area (Å²) in [7, 11) is 1.64. The molecular weight excluding hydrogens is 240 g/mol. The van der Waals surface area contributed by atoms with E-state index >= 15 is 0 Å². The maximum absolute atomic E-state index is 10.4. The quantitative estimate of drug-likeness (QED) is 0.878. The molecule has 1 aliphatic rings. The summed E-state index contributed by atoms with van der Waals surface area (Å²) in [6.07, 6.45) is 4.33. The molecule has 1 atom stereocenters. The van der Waals surface area contributed by atoms with Gasteiger partial charge in [-0.05, 0) is 31.0 Å². The number of ether oxygens (including phenoxy) is 2. The molecule has 0 radical (unpaired) electrons. The van der Waals surface area contributed by atoms with Crippen molar-refractivity contribution in [1.29, 1.82) is 0 Å². The second-order valence-electron chi connectivity index (χ2n) is 5.41. The number of aliphatic hydroxyl groups is 1. The Morgan fingerprint density at radius 1 is 1.32 bits per heavy atom. The highest BCUT2D eigenvalue weighted by Gasteiger charge is 2.39. The molecule has 0 amide bonds. The maximum Gasteiger partial charge on any atom is 0.126 e. The molecule has 1 heterocycles. The van der Waals surface area contributed by atoms with Crippen molar-refractivity contribution in [2.75, 3.05) is 7.11 Å². The monoisotopic (exact) mass is 264 g/mol. The Kier molecular flexibility index (Phi) is 4.35. The molecule has 0 spiro atoms. The van der Waals surface area contributed by atoms with E-state index in [1.54, 1.807) is 7.11 Å². The molecule has 0 saturated heterocycles. The third-order valence-corrected chi connectivity index (χ3v) is 3.88. The average molecular weight is 264 g/mol. The zero-order valence-corrected chi connectivity index (χ0v) is 12.1. The van der Waals surface area contributed by atoms with Crippen LogP contribution in [0.25, 0.3) is 0 Å². The molecular formula is C16H24O3. The lowest BCUT2D eigenvalue weighted by Crippen LogP contribution is -2.41. The van der Waals surface area contributed by atoms with Gasteiger partial charge in [-0.25, -0.2) is 0 Å². The number of benzene rings is 1. The van der Waals surface area contributed by atoms with Gasteiger partial charge in [0.15, 0.2) is 0 Å². The molecule has 0 aromatic heterocycles. The summed E-state index contributed by atoms with van der Waals surface area (Å²) in [6.45, 7) is 4.33. The van der Waals surface area contributed by atoms with Gasteiger partial charge in [0.1, 0.15) is 17.1 Å². The lowest BCUT2D eigenvalue weighted by atomic mass is 9.82. The number of rotatable bonds is 5. The topological polar surface area (TPSA) is 38.7 Å². The molecule has 0 aliphatic carbocycles. The molecule has 106 valence electrons. The molecule has 0 saturated carbocycles. The van der Waals surface area contributed by atoms with E-state index < -0.39 is 6.10 Å². The van der Waals surface area contributed by atoms with E-state index in [0.29, 0.717) is 6.42 Å². The molecule has 3 heteroatoms. The highest BCUT2D eigenvalue weighted by Crippen LogP contribution is 2.44. The first-order chi connectivity index (χ1) is 9.14. The van der Waals surface area contributed by atoms with Crippen molar-refractivity contribution in [3.63, 3.8) is 0 Å². The molecule has 2 rings (SSSR count). The normalized spacial score (nSPS) is 20.5. The Morgan fingerprint density at radius 2 is 2.00 bits per heavy atom. The van der Waals surface area contributed by atoms with E-state index in [9.17, 15) is 5.11 Å². The van der Waals surface area contributed by atoms with Gasteiger partial charge < -0.3 is 14.6 Å². The van der Waals surface area contributed by atoms with Crippen LogP contribution in [0.2, 0.25) is 0 Å². The molecule has 19 heavy (non-hydrogen) atoms. The van der Waals surface area contributed by atoms with Crippen molar-refractivity contribution in [2.45, 2.75) is 57.7 Å². The second-order valence-corrected chi connectivity index (χ2v) is 5.41. The van der Waals surface area contributed by atoms with Gasteiger partial charge in [-0.3, -0.25) is 0 Å². The number of hydrogen-bond donors (Lipinski definition) is 1. The summed E-state index contributed by atoms with van der Waals surface area (Å²) in [5.74, 6) is 1.57. The Bertz CT molecular complexity index is 422. The van der Waals surface area contributed by atoms with E-state index in [0.717, 1.165) is 42.7 Å². The van der Waals surface area contributed by atoms with E-state index in [-0.39, 0.29) is 5.60 Å². The summed E-state index contributed by atoms with van der Waals surface area (Å²) in [6, 6.07) is 5.68.